The fraction of sp³-hybridized carbons (Fsp3) is 0.929. The summed E-state index contributed by atoms with van der Waals surface area (Å²) in [6.07, 6.45) is 4.09. The van der Waals surface area contributed by atoms with Crippen LogP contribution in [0.1, 0.15) is 33.1 Å². The van der Waals surface area contributed by atoms with Crippen LogP contribution >= 0.6 is 0 Å². The zero-order valence-corrected chi connectivity index (χ0v) is 11.4. The van der Waals surface area contributed by atoms with Gasteiger partial charge in [-0.05, 0) is 31.7 Å². The van der Waals surface area contributed by atoms with Crippen LogP contribution in [0.15, 0.2) is 0 Å². The van der Waals surface area contributed by atoms with Gasteiger partial charge in [-0.15, -0.1) is 0 Å². The topological polar surface area (TPSA) is 50.4 Å². The molecule has 2 N–H and O–H groups in total. The van der Waals surface area contributed by atoms with E-state index in [1.807, 2.05) is 0 Å². The third-order valence-electron chi connectivity index (χ3n) is 4.83. The zero-order valence-electron chi connectivity index (χ0n) is 11.4. The SMILES string of the molecule is CC1(C)C(NC(=O)CNCC2CC2)C2CCOC21. The van der Waals surface area contributed by atoms with Crippen LogP contribution in [-0.2, 0) is 9.53 Å². The summed E-state index contributed by atoms with van der Waals surface area (Å²) < 4.78 is 5.73. The maximum Gasteiger partial charge on any atom is 0.234 e. The standard InChI is InChI=1S/C14H24N2O2/c1-14(2)12(10-5-6-18-13(10)14)16-11(17)8-15-7-9-3-4-9/h9-10,12-13,15H,3-8H2,1-2H3,(H,16,17). The minimum absolute atomic E-state index is 0.0906. The van der Waals surface area contributed by atoms with Crippen LogP contribution in [0.3, 0.4) is 0 Å². The lowest BCUT2D eigenvalue weighted by Crippen LogP contribution is -2.67. The Bertz CT molecular complexity index is 339. The van der Waals surface area contributed by atoms with Crippen molar-refractivity contribution >= 4 is 5.91 Å². The van der Waals surface area contributed by atoms with E-state index in [0.29, 0.717) is 24.6 Å². The first-order valence-electron chi connectivity index (χ1n) is 7.20. The molecule has 3 unspecified atom stereocenters. The zero-order chi connectivity index (χ0) is 12.8. The molecule has 4 heteroatoms. The summed E-state index contributed by atoms with van der Waals surface area (Å²) in [5.41, 5.74) is 0.0906. The molecule has 2 aliphatic carbocycles. The van der Waals surface area contributed by atoms with Gasteiger partial charge < -0.3 is 15.4 Å². The molecular formula is C14H24N2O2. The number of hydrogen-bond acceptors (Lipinski definition) is 3. The smallest absolute Gasteiger partial charge is 0.234 e. The van der Waals surface area contributed by atoms with Crippen molar-refractivity contribution in [3.63, 3.8) is 0 Å². The van der Waals surface area contributed by atoms with Crippen molar-refractivity contribution in [3.8, 4) is 0 Å². The van der Waals surface area contributed by atoms with Gasteiger partial charge in [0.25, 0.3) is 0 Å². The summed E-state index contributed by atoms with van der Waals surface area (Å²) in [5.74, 6) is 1.50. The second kappa shape index (κ2) is 4.49. The van der Waals surface area contributed by atoms with Gasteiger partial charge >= 0.3 is 0 Å². The van der Waals surface area contributed by atoms with Gasteiger partial charge in [-0.3, -0.25) is 4.79 Å². The first-order chi connectivity index (χ1) is 8.59. The van der Waals surface area contributed by atoms with Crippen LogP contribution in [0.25, 0.3) is 0 Å². The van der Waals surface area contributed by atoms with E-state index >= 15 is 0 Å². The molecule has 0 bridgehead atoms. The van der Waals surface area contributed by atoms with Crippen molar-refractivity contribution in [1.29, 1.82) is 0 Å². The predicted molar refractivity (Wildman–Crippen MR) is 69.2 cm³/mol. The molecular weight excluding hydrogens is 228 g/mol. The Morgan fingerprint density at radius 2 is 2.11 bits per heavy atom. The molecule has 0 radical (unpaired) electrons. The Kier molecular flexibility index (Phi) is 3.10. The molecule has 1 aliphatic heterocycles. The van der Waals surface area contributed by atoms with Gasteiger partial charge in [0, 0.05) is 24.0 Å². The van der Waals surface area contributed by atoms with Crippen LogP contribution in [0.2, 0.25) is 0 Å². The number of hydrogen-bond donors (Lipinski definition) is 2. The summed E-state index contributed by atoms with van der Waals surface area (Å²) in [6.45, 7) is 6.70. The molecule has 3 rings (SSSR count). The Morgan fingerprint density at radius 1 is 1.33 bits per heavy atom. The van der Waals surface area contributed by atoms with E-state index in [1.54, 1.807) is 0 Å². The summed E-state index contributed by atoms with van der Waals surface area (Å²) in [4.78, 5) is 11.9. The molecule has 0 aromatic carbocycles. The summed E-state index contributed by atoms with van der Waals surface area (Å²) in [5, 5.41) is 6.44. The van der Waals surface area contributed by atoms with Crippen molar-refractivity contribution in [3.05, 3.63) is 0 Å². The van der Waals surface area contributed by atoms with Gasteiger partial charge in [0.15, 0.2) is 0 Å². The highest BCUT2D eigenvalue weighted by Crippen LogP contribution is 2.51. The average molecular weight is 252 g/mol. The number of carbonyl (C=O) groups excluding carboxylic acids is 1. The molecule has 18 heavy (non-hydrogen) atoms. The quantitative estimate of drug-likeness (QED) is 0.765. The molecule has 1 heterocycles. The normalized spacial score (nSPS) is 36.9. The lowest BCUT2D eigenvalue weighted by Gasteiger charge is -2.54. The third kappa shape index (κ3) is 2.16. The Labute approximate surface area is 109 Å². The number of ether oxygens (including phenoxy) is 1. The summed E-state index contributed by atoms with van der Waals surface area (Å²) in [6, 6.07) is 0.292. The Morgan fingerprint density at radius 3 is 2.83 bits per heavy atom. The third-order valence-corrected chi connectivity index (χ3v) is 4.83. The fourth-order valence-electron chi connectivity index (χ4n) is 3.55. The molecule has 1 saturated heterocycles. The fourth-order valence-corrected chi connectivity index (χ4v) is 3.55. The van der Waals surface area contributed by atoms with Gasteiger partial charge in [0.1, 0.15) is 0 Å². The second-order valence-electron chi connectivity index (χ2n) is 6.68. The highest BCUT2D eigenvalue weighted by atomic mass is 16.5. The van der Waals surface area contributed by atoms with Crippen molar-refractivity contribution in [1.82, 2.24) is 10.6 Å². The predicted octanol–water partition coefficient (Wildman–Crippen LogP) is 0.916. The molecule has 3 aliphatic rings. The first-order valence-corrected chi connectivity index (χ1v) is 7.20. The van der Waals surface area contributed by atoms with E-state index < -0.39 is 0 Å². The number of rotatable bonds is 5. The molecule has 3 atom stereocenters. The van der Waals surface area contributed by atoms with Crippen LogP contribution in [0, 0.1) is 17.3 Å². The Hall–Kier alpha value is -0.610. The van der Waals surface area contributed by atoms with E-state index in [9.17, 15) is 4.79 Å². The summed E-state index contributed by atoms with van der Waals surface area (Å²) >= 11 is 0. The first kappa shape index (κ1) is 12.4. The lowest BCUT2D eigenvalue weighted by atomic mass is 9.57. The maximum atomic E-state index is 11.9. The maximum absolute atomic E-state index is 11.9. The van der Waals surface area contributed by atoms with Crippen molar-refractivity contribution < 1.29 is 9.53 Å². The average Bonchev–Trinajstić information content (AvgIpc) is 3.02. The van der Waals surface area contributed by atoms with Crippen LogP contribution in [0.5, 0.6) is 0 Å². The molecule has 1 amide bonds. The van der Waals surface area contributed by atoms with Crippen molar-refractivity contribution in [2.24, 2.45) is 17.3 Å². The van der Waals surface area contributed by atoms with Gasteiger partial charge in [-0.25, -0.2) is 0 Å². The molecule has 0 aromatic rings. The van der Waals surface area contributed by atoms with Gasteiger partial charge in [-0.1, -0.05) is 13.8 Å². The van der Waals surface area contributed by atoms with E-state index in [1.165, 1.54) is 12.8 Å². The Balaban J connectivity index is 1.45. The molecule has 0 aromatic heterocycles. The number of amides is 1. The second-order valence-corrected chi connectivity index (χ2v) is 6.68. The molecule has 0 spiro atoms. The highest BCUT2D eigenvalue weighted by molar-refractivity contribution is 5.78. The van der Waals surface area contributed by atoms with Crippen molar-refractivity contribution in [2.45, 2.75) is 45.3 Å². The van der Waals surface area contributed by atoms with Crippen LogP contribution < -0.4 is 10.6 Å². The minimum atomic E-state index is 0.0906. The van der Waals surface area contributed by atoms with E-state index in [-0.39, 0.29) is 11.3 Å². The van der Waals surface area contributed by atoms with E-state index in [0.717, 1.165) is 25.5 Å². The van der Waals surface area contributed by atoms with Crippen LogP contribution in [0.4, 0.5) is 0 Å². The number of carbonyl (C=O) groups is 1. The highest BCUT2D eigenvalue weighted by Gasteiger charge is 2.59. The molecule has 2 saturated carbocycles. The van der Waals surface area contributed by atoms with Crippen LogP contribution in [-0.4, -0.2) is 37.7 Å². The summed E-state index contributed by atoms with van der Waals surface area (Å²) in [7, 11) is 0. The van der Waals surface area contributed by atoms with Crippen molar-refractivity contribution in [2.75, 3.05) is 19.7 Å². The van der Waals surface area contributed by atoms with Gasteiger partial charge in [-0.2, -0.15) is 0 Å². The molecule has 4 nitrogen and oxygen atoms in total. The number of fused-ring (bicyclic) bond motifs is 1. The largest absolute Gasteiger partial charge is 0.377 e. The monoisotopic (exact) mass is 252 g/mol. The minimum Gasteiger partial charge on any atom is -0.377 e. The molecule has 102 valence electrons. The number of nitrogens with one attached hydrogen (secondary N) is 2. The van der Waals surface area contributed by atoms with E-state index in [2.05, 4.69) is 24.5 Å². The van der Waals surface area contributed by atoms with E-state index in [4.69, 9.17) is 4.74 Å². The molecule has 3 fully saturated rings. The lowest BCUT2D eigenvalue weighted by molar-refractivity contribution is -0.137. The van der Waals surface area contributed by atoms with Gasteiger partial charge in [0.2, 0.25) is 5.91 Å². The van der Waals surface area contributed by atoms with Gasteiger partial charge in [0.05, 0.1) is 12.6 Å².